The Balaban J connectivity index is 1.56. The number of nitrogens with zero attached hydrogens (tertiary/aromatic N) is 3. The first kappa shape index (κ1) is 28.1. The SMILES string of the molecule is COc1ccc2ncc(F)c(CCN(C(=O)CN)C3(C(=O)O)CCN(C/C=C/c4cc(F)ccc4F)C3)c2c1. The largest absolute Gasteiger partial charge is 0.497 e. The molecule has 1 aliphatic heterocycles. The minimum Gasteiger partial charge on any atom is -0.497 e. The zero-order valence-corrected chi connectivity index (χ0v) is 21.4. The number of aromatic nitrogens is 1. The molecule has 3 aromatic rings. The van der Waals surface area contributed by atoms with Crippen LogP contribution < -0.4 is 10.5 Å². The zero-order valence-electron chi connectivity index (χ0n) is 21.4. The predicted molar refractivity (Wildman–Crippen MR) is 140 cm³/mol. The average Bonchev–Trinajstić information content (AvgIpc) is 3.36. The van der Waals surface area contributed by atoms with Gasteiger partial charge in [-0.3, -0.25) is 14.7 Å². The number of pyridine rings is 1. The van der Waals surface area contributed by atoms with Crippen molar-refractivity contribution in [2.24, 2.45) is 5.73 Å². The van der Waals surface area contributed by atoms with Crippen molar-refractivity contribution in [3.8, 4) is 5.75 Å². The number of nitrogens with two attached hydrogens (primary N) is 1. The van der Waals surface area contributed by atoms with Crippen LogP contribution >= 0.6 is 0 Å². The third-order valence-electron chi connectivity index (χ3n) is 7.06. The first-order valence-corrected chi connectivity index (χ1v) is 12.4. The molecule has 11 heteroatoms. The molecule has 206 valence electrons. The number of hydrogen-bond acceptors (Lipinski definition) is 6. The van der Waals surface area contributed by atoms with Crippen LogP contribution in [0.2, 0.25) is 0 Å². The molecule has 0 radical (unpaired) electrons. The van der Waals surface area contributed by atoms with Crippen LogP contribution in [-0.2, 0) is 16.0 Å². The second-order valence-corrected chi connectivity index (χ2v) is 9.36. The highest BCUT2D eigenvalue weighted by molar-refractivity contribution is 5.89. The summed E-state index contributed by atoms with van der Waals surface area (Å²) in [7, 11) is 1.49. The van der Waals surface area contributed by atoms with Gasteiger partial charge in [-0.1, -0.05) is 12.2 Å². The summed E-state index contributed by atoms with van der Waals surface area (Å²) in [6, 6.07) is 8.15. The summed E-state index contributed by atoms with van der Waals surface area (Å²) in [6.07, 6.45) is 4.27. The number of carboxylic acid groups (broad SMARTS) is 1. The average molecular weight is 543 g/mol. The number of amides is 1. The lowest BCUT2D eigenvalue weighted by atomic mass is 9.94. The molecule has 3 N–H and O–H groups in total. The molecule has 1 aromatic heterocycles. The molecule has 2 heterocycles. The van der Waals surface area contributed by atoms with Gasteiger partial charge in [-0.15, -0.1) is 0 Å². The van der Waals surface area contributed by atoms with Crippen LogP contribution in [0, 0.1) is 17.5 Å². The monoisotopic (exact) mass is 542 g/mol. The maximum absolute atomic E-state index is 14.9. The fourth-order valence-corrected chi connectivity index (χ4v) is 5.00. The van der Waals surface area contributed by atoms with Gasteiger partial charge in [-0.05, 0) is 49.2 Å². The lowest BCUT2D eigenvalue weighted by Gasteiger charge is -2.38. The van der Waals surface area contributed by atoms with E-state index in [1.807, 2.05) is 0 Å². The Morgan fingerprint density at radius 3 is 2.72 bits per heavy atom. The van der Waals surface area contributed by atoms with Crippen molar-refractivity contribution >= 4 is 28.9 Å². The number of fused-ring (bicyclic) bond motifs is 1. The van der Waals surface area contributed by atoms with E-state index in [0.717, 1.165) is 24.4 Å². The van der Waals surface area contributed by atoms with Gasteiger partial charge in [0.2, 0.25) is 5.91 Å². The number of likely N-dealkylation sites (tertiary alicyclic amines) is 1. The van der Waals surface area contributed by atoms with Gasteiger partial charge in [-0.2, -0.15) is 0 Å². The van der Waals surface area contributed by atoms with Crippen molar-refractivity contribution in [2.45, 2.75) is 18.4 Å². The Bertz CT molecular complexity index is 1420. The van der Waals surface area contributed by atoms with E-state index in [2.05, 4.69) is 4.98 Å². The van der Waals surface area contributed by atoms with E-state index in [4.69, 9.17) is 10.5 Å². The maximum Gasteiger partial charge on any atom is 0.331 e. The quantitative estimate of drug-likeness (QED) is 0.405. The van der Waals surface area contributed by atoms with Crippen molar-refractivity contribution in [3.05, 3.63) is 77.2 Å². The summed E-state index contributed by atoms with van der Waals surface area (Å²) in [5.41, 5.74) is 4.95. The van der Waals surface area contributed by atoms with Crippen LogP contribution in [0.15, 0.2) is 48.7 Å². The Kier molecular flexibility index (Phi) is 8.51. The molecule has 4 rings (SSSR count). The summed E-state index contributed by atoms with van der Waals surface area (Å²) >= 11 is 0. The van der Waals surface area contributed by atoms with E-state index in [-0.39, 0.29) is 43.6 Å². The molecule has 1 fully saturated rings. The number of methoxy groups -OCH3 is 1. The number of halogens is 3. The lowest BCUT2D eigenvalue weighted by molar-refractivity contribution is -0.158. The van der Waals surface area contributed by atoms with Crippen molar-refractivity contribution in [1.82, 2.24) is 14.8 Å². The summed E-state index contributed by atoms with van der Waals surface area (Å²) in [6.45, 7) is 0.0613. The number of carboxylic acids is 1. The highest BCUT2D eigenvalue weighted by Crippen LogP contribution is 2.31. The minimum atomic E-state index is -1.59. The van der Waals surface area contributed by atoms with E-state index in [9.17, 15) is 27.9 Å². The third-order valence-corrected chi connectivity index (χ3v) is 7.06. The number of carbonyl (C=O) groups excluding carboxylic acids is 1. The van der Waals surface area contributed by atoms with E-state index < -0.39 is 41.4 Å². The predicted octanol–water partition coefficient (Wildman–Crippen LogP) is 3.23. The topological polar surface area (TPSA) is 109 Å². The number of hydrogen-bond donors (Lipinski definition) is 2. The second-order valence-electron chi connectivity index (χ2n) is 9.36. The molecule has 1 unspecified atom stereocenters. The molecule has 0 aliphatic carbocycles. The summed E-state index contributed by atoms with van der Waals surface area (Å²) in [5.74, 6) is -3.01. The second kappa shape index (κ2) is 11.8. The van der Waals surface area contributed by atoms with Crippen LogP contribution in [0.4, 0.5) is 13.2 Å². The van der Waals surface area contributed by atoms with Crippen LogP contribution in [0.1, 0.15) is 17.5 Å². The number of ether oxygens (including phenoxy) is 1. The standard InChI is InChI=1S/C28H29F3N4O4/c1-39-20-5-7-25-22(14-20)21(24(31)16-33-25)8-11-35(26(36)15-32)28(27(37)38)9-12-34(17-28)10-2-3-18-13-19(29)4-6-23(18)30/h2-7,13-14,16H,8-12,15,17,32H2,1H3,(H,37,38)/b3-2+. The third kappa shape index (κ3) is 5.89. The molecule has 8 nitrogen and oxygen atoms in total. The minimum absolute atomic E-state index is 0.0164. The molecule has 1 saturated heterocycles. The van der Waals surface area contributed by atoms with Gasteiger partial charge in [0, 0.05) is 42.7 Å². The Morgan fingerprint density at radius 1 is 1.21 bits per heavy atom. The van der Waals surface area contributed by atoms with Crippen molar-refractivity contribution in [2.75, 3.05) is 39.8 Å². The Morgan fingerprint density at radius 2 is 2.00 bits per heavy atom. The van der Waals surface area contributed by atoms with E-state index in [0.29, 0.717) is 23.2 Å². The number of carbonyl (C=O) groups is 2. The van der Waals surface area contributed by atoms with E-state index in [1.165, 1.54) is 18.1 Å². The van der Waals surface area contributed by atoms with Crippen LogP contribution in [0.25, 0.3) is 17.0 Å². The maximum atomic E-state index is 14.9. The van der Waals surface area contributed by atoms with Gasteiger partial charge in [0.15, 0.2) is 5.54 Å². The normalized spacial score (nSPS) is 17.7. The first-order valence-electron chi connectivity index (χ1n) is 12.4. The molecule has 1 atom stereocenters. The number of aliphatic carboxylic acids is 1. The van der Waals surface area contributed by atoms with Crippen LogP contribution in [0.5, 0.6) is 5.75 Å². The van der Waals surface area contributed by atoms with Gasteiger partial charge in [0.05, 0.1) is 25.4 Å². The number of benzene rings is 2. The van der Waals surface area contributed by atoms with Gasteiger partial charge >= 0.3 is 5.97 Å². The summed E-state index contributed by atoms with van der Waals surface area (Å²) < 4.78 is 47.5. The van der Waals surface area contributed by atoms with Gasteiger partial charge in [0.25, 0.3) is 0 Å². The molecular formula is C28H29F3N4O4. The molecule has 0 spiro atoms. The molecule has 0 saturated carbocycles. The smallest absolute Gasteiger partial charge is 0.331 e. The van der Waals surface area contributed by atoms with E-state index >= 15 is 0 Å². The van der Waals surface area contributed by atoms with Gasteiger partial charge in [-0.25, -0.2) is 18.0 Å². The summed E-state index contributed by atoms with van der Waals surface area (Å²) in [5, 5.41) is 10.8. The molecule has 2 aromatic carbocycles. The van der Waals surface area contributed by atoms with Gasteiger partial charge in [0.1, 0.15) is 23.2 Å². The van der Waals surface area contributed by atoms with Crippen molar-refractivity contribution in [1.29, 1.82) is 0 Å². The number of rotatable bonds is 10. The Labute approximate surface area is 223 Å². The highest BCUT2D eigenvalue weighted by atomic mass is 19.1. The highest BCUT2D eigenvalue weighted by Gasteiger charge is 2.50. The molecular weight excluding hydrogens is 513 g/mol. The summed E-state index contributed by atoms with van der Waals surface area (Å²) in [4.78, 5) is 32.7. The van der Waals surface area contributed by atoms with Gasteiger partial charge < -0.3 is 20.5 Å². The fraction of sp³-hybridized carbons (Fsp3) is 0.321. The fourth-order valence-electron chi connectivity index (χ4n) is 5.00. The Hall–Kier alpha value is -3.96. The first-order chi connectivity index (χ1) is 18.7. The van der Waals surface area contributed by atoms with Crippen LogP contribution in [0.3, 0.4) is 0 Å². The molecule has 39 heavy (non-hydrogen) atoms. The molecule has 1 amide bonds. The van der Waals surface area contributed by atoms with Crippen molar-refractivity contribution in [3.63, 3.8) is 0 Å². The van der Waals surface area contributed by atoms with Crippen molar-refractivity contribution < 1.29 is 32.6 Å². The lowest BCUT2D eigenvalue weighted by Crippen LogP contribution is -2.60. The molecule has 0 bridgehead atoms. The van der Waals surface area contributed by atoms with E-state index in [1.54, 1.807) is 29.2 Å². The molecule has 1 aliphatic rings. The van der Waals surface area contributed by atoms with Crippen LogP contribution in [-0.4, -0.2) is 77.1 Å². The zero-order chi connectivity index (χ0) is 28.2.